The fraction of sp³-hybridized carbons (Fsp3) is 0.294. The molecule has 0 atom stereocenters. The third-order valence-electron chi connectivity index (χ3n) is 3.50. The summed E-state index contributed by atoms with van der Waals surface area (Å²) < 4.78 is 0. The van der Waals surface area contributed by atoms with Gasteiger partial charge in [0.15, 0.2) is 0 Å². The summed E-state index contributed by atoms with van der Waals surface area (Å²) in [5, 5.41) is 4.92. The third kappa shape index (κ3) is 3.28. The predicted molar refractivity (Wildman–Crippen MR) is 89.0 cm³/mol. The Morgan fingerprint density at radius 2 is 1.35 bits per heavy atom. The molecule has 0 spiro atoms. The second kappa shape index (κ2) is 7.01. The molecular weight excluding hydrogens is 289 g/mol. The first kappa shape index (κ1) is 15.2. The van der Waals surface area contributed by atoms with Crippen molar-refractivity contribution >= 4 is 28.9 Å². The molecule has 0 unspecified atom stereocenters. The second-order valence-electron chi connectivity index (χ2n) is 4.71. The first-order valence-electron chi connectivity index (χ1n) is 6.94. The molecule has 0 aliphatic carbocycles. The van der Waals surface area contributed by atoms with E-state index in [1.807, 2.05) is 18.2 Å². The highest BCUT2D eigenvalue weighted by molar-refractivity contribution is 6.36. The van der Waals surface area contributed by atoms with E-state index >= 15 is 0 Å². The van der Waals surface area contributed by atoms with Gasteiger partial charge in [0, 0.05) is 27.8 Å². The maximum Gasteiger partial charge on any atom is 0.0470 e. The number of rotatable bonds is 5. The smallest absolute Gasteiger partial charge is 0.0470 e. The van der Waals surface area contributed by atoms with Crippen molar-refractivity contribution in [1.82, 2.24) is 0 Å². The van der Waals surface area contributed by atoms with Crippen LogP contribution in [0, 0.1) is 0 Å². The molecule has 1 N–H and O–H groups in total. The zero-order chi connectivity index (χ0) is 14.5. The van der Waals surface area contributed by atoms with Gasteiger partial charge in [-0.2, -0.15) is 0 Å². The summed E-state index contributed by atoms with van der Waals surface area (Å²) in [5.74, 6) is 0. The van der Waals surface area contributed by atoms with E-state index in [9.17, 15) is 0 Å². The summed E-state index contributed by atoms with van der Waals surface area (Å²) in [5.41, 5.74) is 4.82. The number of nitrogens with one attached hydrogen (secondary N) is 1. The van der Waals surface area contributed by atoms with Crippen LogP contribution < -0.4 is 5.32 Å². The van der Waals surface area contributed by atoms with E-state index in [0.29, 0.717) is 16.6 Å². The van der Waals surface area contributed by atoms with Crippen LogP contribution in [-0.2, 0) is 19.4 Å². The maximum atomic E-state index is 6.22. The molecular formula is C17H19Cl2N. The SMILES string of the molecule is CCc1cccc(CC)c1NCc1c(Cl)cccc1Cl. The molecule has 0 saturated carbocycles. The Morgan fingerprint density at radius 3 is 1.85 bits per heavy atom. The van der Waals surface area contributed by atoms with Crippen LogP contribution in [0.4, 0.5) is 5.69 Å². The predicted octanol–water partition coefficient (Wildman–Crippen LogP) is 5.73. The average Bonchev–Trinajstić information content (AvgIpc) is 2.46. The van der Waals surface area contributed by atoms with Crippen LogP contribution in [0.2, 0.25) is 10.0 Å². The Labute approximate surface area is 130 Å². The quantitative estimate of drug-likeness (QED) is 0.743. The topological polar surface area (TPSA) is 12.0 Å². The van der Waals surface area contributed by atoms with Crippen LogP contribution in [0.15, 0.2) is 36.4 Å². The monoisotopic (exact) mass is 307 g/mol. The van der Waals surface area contributed by atoms with Crippen molar-refractivity contribution in [3.8, 4) is 0 Å². The molecule has 0 bridgehead atoms. The molecule has 0 aliphatic heterocycles. The van der Waals surface area contributed by atoms with Gasteiger partial charge in [0.1, 0.15) is 0 Å². The molecule has 3 heteroatoms. The lowest BCUT2D eigenvalue weighted by atomic mass is 10.0. The largest absolute Gasteiger partial charge is 0.380 e. The summed E-state index contributed by atoms with van der Waals surface area (Å²) >= 11 is 12.4. The molecule has 2 aromatic rings. The van der Waals surface area contributed by atoms with E-state index in [4.69, 9.17) is 23.2 Å². The van der Waals surface area contributed by atoms with Crippen LogP contribution in [-0.4, -0.2) is 0 Å². The fourth-order valence-corrected chi connectivity index (χ4v) is 2.88. The summed E-state index contributed by atoms with van der Waals surface area (Å²) in [6.45, 7) is 4.98. The minimum absolute atomic E-state index is 0.641. The molecule has 0 heterocycles. The van der Waals surface area contributed by atoms with Crippen molar-refractivity contribution in [3.63, 3.8) is 0 Å². The lowest BCUT2D eigenvalue weighted by Crippen LogP contribution is -2.06. The standard InChI is InChI=1S/C17H19Cl2N/c1-3-12-7-5-8-13(4-2)17(12)20-11-14-15(18)9-6-10-16(14)19/h5-10,20H,3-4,11H2,1-2H3. The summed E-state index contributed by atoms with van der Waals surface area (Å²) in [6, 6.07) is 12.1. The van der Waals surface area contributed by atoms with E-state index in [-0.39, 0.29) is 0 Å². The van der Waals surface area contributed by atoms with Crippen molar-refractivity contribution in [3.05, 3.63) is 63.1 Å². The Kier molecular flexibility index (Phi) is 5.33. The number of hydrogen-bond donors (Lipinski definition) is 1. The van der Waals surface area contributed by atoms with Crippen molar-refractivity contribution in [1.29, 1.82) is 0 Å². The van der Waals surface area contributed by atoms with Gasteiger partial charge < -0.3 is 5.32 Å². The molecule has 106 valence electrons. The van der Waals surface area contributed by atoms with E-state index in [0.717, 1.165) is 18.4 Å². The van der Waals surface area contributed by atoms with Crippen LogP contribution in [0.5, 0.6) is 0 Å². The molecule has 20 heavy (non-hydrogen) atoms. The number of hydrogen-bond acceptors (Lipinski definition) is 1. The number of anilines is 1. The number of benzene rings is 2. The molecule has 1 nitrogen and oxygen atoms in total. The van der Waals surface area contributed by atoms with E-state index < -0.39 is 0 Å². The number of aryl methyl sites for hydroxylation is 2. The highest BCUT2D eigenvalue weighted by atomic mass is 35.5. The molecule has 0 amide bonds. The van der Waals surface area contributed by atoms with Crippen LogP contribution in [0.1, 0.15) is 30.5 Å². The summed E-state index contributed by atoms with van der Waals surface area (Å²) in [4.78, 5) is 0. The molecule has 2 rings (SSSR count). The minimum atomic E-state index is 0.641. The molecule has 0 saturated heterocycles. The van der Waals surface area contributed by atoms with Gasteiger partial charge in [-0.05, 0) is 36.1 Å². The van der Waals surface area contributed by atoms with Crippen molar-refractivity contribution < 1.29 is 0 Å². The van der Waals surface area contributed by atoms with Gasteiger partial charge in [-0.1, -0.05) is 61.3 Å². The van der Waals surface area contributed by atoms with E-state index in [2.05, 4.69) is 37.4 Å². The van der Waals surface area contributed by atoms with Crippen molar-refractivity contribution in [2.45, 2.75) is 33.2 Å². The third-order valence-corrected chi connectivity index (χ3v) is 4.21. The molecule has 0 aromatic heterocycles. The van der Waals surface area contributed by atoms with Crippen molar-refractivity contribution in [2.75, 3.05) is 5.32 Å². The average molecular weight is 308 g/mol. The van der Waals surface area contributed by atoms with Crippen LogP contribution >= 0.6 is 23.2 Å². The van der Waals surface area contributed by atoms with Crippen LogP contribution in [0.3, 0.4) is 0 Å². The molecule has 0 fully saturated rings. The lowest BCUT2D eigenvalue weighted by molar-refractivity contribution is 1.05. The molecule has 0 aliphatic rings. The second-order valence-corrected chi connectivity index (χ2v) is 5.53. The van der Waals surface area contributed by atoms with Crippen molar-refractivity contribution in [2.24, 2.45) is 0 Å². The zero-order valence-electron chi connectivity index (χ0n) is 11.8. The Balaban J connectivity index is 2.27. The Morgan fingerprint density at radius 1 is 0.850 bits per heavy atom. The number of halogens is 2. The first-order chi connectivity index (χ1) is 9.67. The molecule has 2 aromatic carbocycles. The Bertz CT molecular complexity index is 551. The lowest BCUT2D eigenvalue weighted by Gasteiger charge is -2.16. The van der Waals surface area contributed by atoms with Gasteiger partial charge in [0.05, 0.1) is 0 Å². The molecule has 0 radical (unpaired) electrons. The highest BCUT2D eigenvalue weighted by Crippen LogP contribution is 2.28. The van der Waals surface area contributed by atoms with Gasteiger partial charge in [0.2, 0.25) is 0 Å². The minimum Gasteiger partial charge on any atom is -0.380 e. The van der Waals surface area contributed by atoms with Gasteiger partial charge in [-0.15, -0.1) is 0 Å². The van der Waals surface area contributed by atoms with Gasteiger partial charge in [0.25, 0.3) is 0 Å². The van der Waals surface area contributed by atoms with E-state index in [1.54, 1.807) is 0 Å². The van der Waals surface area contributed by atoms with Gasteiger partial charge in [-0.3, -0.25) is 0 Å². The van der Waals surface area contributed by atoms with Gasteiger partial charge >= 0.3 is 0 Å². The normalized spacial score (nSPS) is 10.6. The first-order valence-corrected chi connectivity index (χ1v) is 7.70. The highest BCUT2D eigenvalue weighted by Gasteiger charge is 2.09. The maximum absolute atomic E-state index is 6.22. The van der Waals surface area contributed by atoms with Crippen LogP contribution in [0.25, 0.3) is 0 Å². The summed E-state index contributed by atoms with van der Waals surface area (Å²) in [6.07, 6.45) is 2.01. The fourth-order valence-electron chi connectivity index (χ4n) is 2.35. The zero-order valence-corrected chi connectivity index (χ0v) is 13.4. The Hall–Kier alpha value is -1.18. The van der Waals surface area contributed by atoms with Gasteiger partial charge in [-0.25, -0.2) is 0 Å². The van der Waals surface area contributed by atoms with E-state index in [1.165, 1.54) is 16.8 Å². The number of para-hydroxylation sites is 1. The summed E-state index contributed by atoms with van der Waals surface area (Å²) in [7, 11) is 0.